The molecule has 0 saturated heterocycles. The van der Waals surface area contributed by atoms with Crippen LogP contribution in [-0.4, -0.2) is 28.3 Å². The first-order valence-corrected chi connectivity index (χ1v) is 7.42. The molecule has 2 aromatic carbocycles. The van der Waals surface area contributed by atoms with E-state index in [9.17, 15) is 4.79 Å². The van der Waals surface area contributed by atoms with Gasteiger partial charge in [-0.05, 0) is 31.2 Å². The lowest BCUT2D eigenvalue weighted by atomic mass is 10.3. The largest absolute Gasteiger partial charge is 0.450 e. The Kier molecular flexibility index (Phi) is 4.42. The Labute approximate surface area is 138 Å². The predicted molar refractivity (Wildman–Crippen MR) is 90.6 cm³/mol. The number of nitrogens with one attached hydrogen (secondary N) is 2. The van der Waals surface area contributed by atoms with Crippen molar-refractivity contribution >= 4 is 29.1 Å². The number of carbonyl (C=O) groups excluding carboxylic acids is 1. The van der Waals surface area contributed by atoms with Gasteiger partial charge in [0.05, 0.1) is 17.6 Å². The lowest BCUT2D eigenvalue weighted by Gasteiger charge is -2.11. The summed E-state index contributed by atoms with van der Waals surface area (Å²) in [4.78, 5) is 16.1. The molecule has 0 aliphatic rings. The summed E-state index contributed by atoms with van der Waals surface area (Å²) < 4.78 is 11.9. The van der Waals surface area contributed by atoms with Gasteiger partial charge in [-0.15, -0.1) is 0 Å². The van der Waals surface area contributed by atoms with Gasteiger partial charge < -0.3 is 9.47 Å². The molecule has 0 atom stereocenters. The minimum atomic E-state index is -0.637. The van der Waals surface area contributed by atoms with Crippen LogP contribution >= 0.6 is 0 Å². The number of rotatable bonds is 3. The zero-order chi connectivity index (χ0) is 16.9. The highest BCUT2D eigenvalue weighted by Gasteiger charge is 2.18. The molecule has 0 aliphatic heterocycles. The summed E-state index contributed by atoms with van der Waals surface area (Å²) in [6.45, 7) is 1.95. The fourth-order valence-corrected chi connectivity index (χ4v) is 2.22. The van der Waals surface area contributed by atoms with Gasteiger partial charge in [0.1, 0.15) is 5.75 Å². The normalized spacial score (nSPS) is 10.4. The Hall–Kier alpha value is -3.35. The zero-order valence-electron chi connectivity index (χ0n) is 13.0. The van der Waals surface area contributed by atoms with Crippen LogP contribution in [-0.2, 0) is 4.74 Å². The molecule has 7 heteroatoms. The molecule has 1 heterocycles. The third-order valence-corrected chi connectivity index (χ3v) is 3.21. The molecule has 0 aliphatic carbocycles. The van der Waals surface area contributed by atoms with E-state index < -0.39 is 6.09 Å². The van der Waals surface area contributed by atoms with Crippen molar-refractivity contribution in [1.29, 1.82) is 5.41 Å². The molecule has 0 bridgehead atoms. The molecule has 0 fully saturated rings. The lowest BCUT2D eigenvalue weighted by molar-refractivity contribution is 0.167. The van der Waals surface area contributed by atoms with E-state index in [1.807, 2.05) is 30.3 Å². The average molecular weight is 324 g/mol. The third kappa shape index (κ3) is 3.19. The highest BCUT2D eigenvalue weighted by molar-refractivity contribution is 5.95. The van der Waals surface area contributed by atoms with Gasteiger partial charge in [0.25, 0.3) is 0 Å². The topological polar surface area (TPSA) is 89.2 Å². The van der Waals surface area contributed by atoms with Crippen LogP contribution in [0.4, 0.5) is 10.7 Å². The van der Waals surface area contributed by atoms with E-state index >= 15 is 0 Å². The van der Waals surface area contributed by atoms with E-state index in [1.54, 1.807) is 31.2 Å². The maximum absolute atomic E-state index is 11.7. The van der Waals surface area contributed by atoms with Gasteiger partial charge in [-0.3, -0.25) is 10.7 Å². The second-order valence-electron chi connectivity index (χ2n) is 4.83. The van der Waals surface area contributed by atoms with Crippen LogP contribution in [0.1, 0.15) is 6.92 Å². The van der Waals surface area contributed by atoms with Crippen LogP contribution in [0.15, 0.2) is 54.6 Å². The van der Waals surface area contributed by atoms with Crippen LogP contribution in [0, 0.1) is 5.41 Å². The van der Waals surface area contributed by atoms with Crippen molar-refractivity contribution in [3.63, 3.8) is 0 Å². The summed E-state index contributed by atoms with van der Waals surface area (Å²) >= 11 is 0. The number of ether oxygens (including phenoxy) is 2. The fourth-order valence-electron chi connectivity index (χ4n) is 2.22. The van der Waals surface area contributed by atoms with E-state index in [0.29, 0.717) is 16.8 Å². The first kappa shape index (κ1) is 15.5. The summed E-state index contributed by atoms with van der Waals surface area (Å²) in [6.07, 6.45) is -0.637. The molecule has 1 amide bonds. The summed E-state index contributed by atoms with van der Waals surface area (Å²) in [5.41, 5.74) is 1.27. The van der Waals surface area contributed by atoms with Crippen LogP contribution < -0.4 is 10.1 Å². The average Bonchev–Trinajstić information content (AvgIpc) is 2.93. The second-order valence-corrected chi connectivity index (χ2v) is 4.83. The minimum Gasteiger partial charge on any atom is -0.450 e. The minimum absolute atomic E-state index is 0.163. The summed E-state index contributed by atoms with van der Waals surface area (Å²) in [6, 6.07) is 16.0. The number of nitrogens with zero attached hydrogens (tertiary/aromatic N) is 2. The number of fused-ring (bicyclic) bond motifs is 1. The molecule has 3 aromatic rings. The molecular weight excluding hydrogens is 308 g/mol. The molecule has 3 rings (SSSR count). The molecule has 0 unspecified atom stereocenters. The molecule has 7 nitrogen and oxygen atoms in total. The Morgan fingerprint density at radius 1 is 1.17 bits per heavy atom. The number of hydrogen-bond donors (Lipinski definition) is 2. The SMILES string of the molecule is CCOC(=O)Nc1nc2ccccc2n1C(=N)Oc1ccccc1. The van der Waals surface area contributed by atoms with E-state index in [2.05, 4.69) is 10.3 Å². The molecule has 0 radical (unpaired) electrons. The summed E-state index contributed by atoms with van der Waals surface area (Å²) in [7, 11) is 0. The van der Waals surface area contributed by atoms with Crippen LogP contribution in [0.5, 0.6) is 5.75 Å². The van der Waals surface area contributed by atoms with E-state index in [1.165, 1.54) is 4.57 Å². The number of hydrogen-bond acceptors (Lipinski definition) is 5. The standard InChI is InChI=1S/C17H16N4O3/c1-2-23-17(22)20-16-19-13-10-6-7-11-14(13)21(16)15(18)24-12-8-4-3-5-9-12/h3-11,18H,2H2,1H3,(H,19,20,22). The second kappa shape index (κ2) is 6.82. The van der Waals surface area contributed by atoms with E-state index in [0.717, 1.165) is 0 Å². The number of aromatic nitrogens is 2. The Morgan fingerprint density at radius 3 is 2.62 bits per heavy atom. The number of para-hydroxylation sites is 3. The number of benzene rings is 2. The monoisotopic (exact) mass is 324 g/mol. The Morgan fingerprint density at radius 2 is 1.88 bits per heavy atom. The molecule has 0 spiro atoms. The molecule has 2 N–H and O–H groups in total. The first-order chi connectivity index (χ1) is 11.7. The Bertz CT molecular complexity index is 874. The van der Waals surface area contributed by atoms with Gasteiger partial charge in [0.15, 0.2) is 0 Å². The van der Waals surface area contributed by atoms with Crippen molar-refractivity contribution < 1.29 is 14.3 Å². The fraction of sp³-hybridized carbons (Fsp3) is 0.118. The lowest BCUT2D eigenvalue weighted by Crippen LogP contribution is -2.23. The third-order valence-electron chi connectivity index (χ3n) is 3.21. The smallest absolute Gasteiger partial charge is 0.413 e. The molecule has 0 saturated carbocycles. The van der Waals surface area contributed by atoms with Crippen LogP contribution in [0.2, 0.25) is 0 Å². The zero-order valence-corrected chi connectivity index (χ0v) is 13.0. The first-order valence-electron chi connectivity index (χ1n) is 7.42. The highest BCUT2D eigenvalue weighted by Crippen LogP contribution is 2.21. The van der Waals surface area contributed by atoms with Crippen molar-refractivity contribution in [1.82, 2.24) is 9.55 Å². The molecular formula is C17H16N4O3. The van der Waals surface area contributed by atoms with E-state index in [4.69, 9.17) is 14.9 Å². The van der Waals surface area contributed by atoms with Crippen molar-refractivity contribution in [2.24, 2.45) is 0 Å². The van der Waals surface area contributed by atoms with Gasteiger partial charge in [0, 0.05) is 0 Å². The van der Waals surface area contributed by atoms with Crippen molar-refractivity contribution in [3.05, 3.63) is 54.6 Å². The number of imidazole rings is 1. The number of amides is 1. The van der Waals surface area contributed by atoms with Gasteiger partial charge >= 0.3 is 12.1 Å². The van der Waals surface area contributed by atoms with Crippen LogP contribution in [0.25, 0.3) is 11.0 Å². The predicted octanol–water partition coefficient (Wildman–Crippen LogP) is 3.47. The van der Waals surface area contributed by atoms with Crippen molar-refractivity contribution in [2.75, 3.05) is 11.9 Å². The quantitative estimate of drug-likeness (QED) is 0.570. The summed E-state index contributed by atoms with van der Waals surface area (Å²) in [5.74, 6) is 0.679. The molecule has 24 heavy (non-hydrogen) atoms. The van der Waals surface area contributed by atoms with Gasteiger partial charge in [0.2, 0.25) is 5.95 Å². The van der Waals surface area contributed by atoms with Gasteiger partial charge in [-0.2, -0.15) is 0 Å². The highest BCUT2D eigenvalue weighted by atomic mass is 16.5. The summed E-state index contributed by atoms with van der Waals surface area (Å²) in [5, 5.41) is 10.8. The Balaban J connectivity index is 1.97. The maximum atomic E-state index is 11.7. The molecule has 122 valence electrons. The number of carbonyl (C=O) groups is 1. The van der Waals surface area contributed by atoms with E-state index in [-0.39, 0.29) is 18.6 Å². The maximum Gasteiger partial charge on any atom is 0.413 e. The van der Waals surface area contributed by atoms with Crippen LogP contribution in [0.3, 0.4) is 0 Å². The van der Waals surface area contributed by atoms with Gasteiger partial charge in [-0.1, -0.05) is 30.3 Å². The van der Waals surface area contributed by atoms with Gasteiger partial charge in [-0.25, -0.2) is 14.3 Å². The van der Waals surface area contributed by atoms with Crippen molar-refractivity contribution in [2.45, 2.75) is 6.92 Å². The molecule has 1 aromatic heterocycles. The van der Waals surface area contributed by atoms with Crippen molar-refractivity contribution in [3.8, 4) is 5.75 Å². The number of anilines is 1.